The second-order valence-corrected chi connectivity index (χ2v) is 8.18. The highest BCUT2D eigenvalue weighted by Gasteiger charge is 2.24. The third kappa shape index (κ3) is 5.41. The molecule has 0 aliphatic rings. The SMILES string of the molecule is COC(=O)C(Cc1ccccc1)NC(=O)COC(=O)c1nccnc1-c1nc2ccccc2s1. The maximum atomic E-state index is 12.7. The van der Waals surface area contributed by atoms with Gasteiger partial charge in [0.2, 0.25) is 0 Å². The quantitative estimate of drug-likeness (QED) is 0.386. The minimum Gasteiger partial charge on any atom is -0.467 e. The molecular formula is C24H20N4O5S. The predicted molar refractivity (Wildman–Crippen MR) is 125 cm³/mol. The van der Waals surface area contributed by atoms with Gasteiger partial charge in [0.15, 0.2) is 12.3 Å². The van der Waals surface area contributed by atoms with E-state index in [4.69, 9.17) is 9.47 Å². The number of carbonyl (C=O) groups is 3. The van der Waals surface area contributed by atoms with E-state index in [0.717, 1.165) is 15.8 Å². The van der Waals surface area contributed by atoms with Crippen LogP contribution >= 0.6 is 11.3 Å². The molecule has 4 rings (SSSR count). The normalized spacial score (nSPS) is 11.6. The number of ether oxygens (including phenoxy) is 2. The Morgan fingerprint density at radius 3 is 2.50 bits per heavy atom. The van der Waals surface area contributed by atoms with Crippen LogP contribution in [0.2, 0.25) is 0 Å². The number of thiazole rings is 1. The number of nitrogens with zero attached hydrogens (tertiary/aromatic N) is 3. The number of methoxy groups -OCH3 is 1. The first kappa shape index (κ1) is 23.0. The second-order valence-electron chi connectivity index (χ2n) is 7.15. The maximum Gasteiger partial charge on any atom is 0.359 e. The number of para-hydroxylation sites is 1. The summed E-state index contributed by atoms with van der Waals surface area (Å²) in [6.07, 6.45) is 3.05. The van der Waals surface area contributed by atoms with Crippen molar-refractivity contribution in [1.29, 1.82) is 0 Å². The van der Waals surface area contributed by atoms with E-state index in [9.17, 15) is 14.4 Å². The van der Waals surface area contributed by atoms with Gasteiger partial charge in [-0.3, -0.25) is 4.79 Å². The number of hydrogen-bond acceptors (Lipinski definition) is 9. The lowest BCUT2D eigenvalue weighted by atomic mass is 10.1. The van der Waals surface area contributed by atoms with Crippen molar-refractivity contribution >= 4 is 39.4 Å². The van der Waals surface area contributed by atoms with Gasteiger partial charge in [-0.2, -0.15) is 0 Å². The first-order chi connectivity index (χ1) is 16.5. The van der Waals surface area contributed by atoms with Crippen LogP contribution in [0.4, 0.5) is 0 Å². The fourth-order valence-electron chi connectivity index (χ4n) is 3.24. The van der Waals surface area contributed by atoms with Crippen molar-refractivity contribution in [3.05, 3.63) is 78.2 Å². The molecule has 1 unspecified atom stereocenters. The highest BCUT2D eigenvalue weighted by atomic mass is 32.1. The Labute approximate surface area is 198 Å². The molecule has 172 valence electrons. The standard InChI is InChI=1S/C24H20N4O5S/c1-32-23(30)17(13-15-7-3-2-4-8-15)27-19(29)14-33-24(31)21-20(25-11-12-26-21)22-28-16-9-5-6-10-18(16)34-22/h2-12,17H,13-14H2,1H3,(H,27,29). The zero-order valence-corrected chi connectivity index (χ0v) is 19.0. The average molecular weight is 477 g/mol. The molecule has 34 heavy (non-hydrogen) atoms. The maximum absolute atomic E-state index is 12.7. The zero-order valence-electron chi connectivity index (χ0n) is 18.1. The number of hydrogen-bond donors (Lipinski definition) is 1. The lowest BCUT2D eigenvalue weighted by Gasteiger charge is -2.16. The summed E-state index contributed by atoms with van der Waals surface area (Å²) in [4.78, 5) is 50.1. The number of nitrogens with one attached hydrogen (secondary N) is 1. The van der Waals surface area contributed by atoms with Crippen molar-refractivity contribution in [2.75, 3.05) is 13.7 Å². The Hall–Kier alpha value is -4.18. The van der Waals surface area contributed by atoms with E-state index in [1.165, 1.54) is 30.8 Å². The van der Waals surface area contributed by atoms with Gasteiger partial charge in [-0.1, -0.05) is 42.5 Å². The minimum absolute atomic E-state index is 0.0526. The van der Waals surface area contributed by atoms with Crippen LogP contribution in [0.1, 0.15) is 16.1 Å². The molecule has 0 bridgehead atoms. The Morgan fingerprint density at radius 2 is 1.74 bits per heavy atom. The molecule has 0 aliphatic carbocycles. The van der Waals surface area contributed by atoms with Gasteiger partial charge < -0.3 is 14.8 Å². The third-order valence-corrected chi connectivity index (χ3v) is 5.87. The van der Waals surface area contributed by atoms with Crippen LogP contribution in [0.3, 0.4) is 0 Å². The van der Waals surface area contributed by atoms with E-state index in [2.05, 4.69) is 20.3 Å². The highest BCUT2D eigenvalue weighted by Crippen LogP contribution is 2.30. The number of rotatable bonds is 8. The van der Waals surface area contributed by atoms with E-state index in [0.29, 0.717) is 5.01 Å². The van der Waals surface area contributed by atoms with E-state index >= 15 is 0 Å². The van der Waals surface area contributed by atoms with Gasteiger partial charge >= 0.3 is 11.9 Å². The Morgan fingerprint density at radius 1 is 1.00 bits per heavy atom. The molecule has 0 saturated heterocycles. The van der Waals surface area contributed by atoms with Crippen molar-refractivity contribution < 1.29 is 23.9 Å². The zero-order chi connectivity index (χ0) is 23.9. The summed E-state index contributed by atoms with van der Waals surface area (Å²) in [5, 5.41) is 3.06. The van der Waals surface area contributed by atoms with Crippen LogP contribution in [-0.4, -0.2) is 52.6 Å². The van der Waals surface area contributed by atoms with Crippen molar-refractivity contribution in [3.63, 3.8) is 0 Å². The molecule has 1 amide bonds. The first-order valence-corrected chi connectivity index (χ1v) is 11.1. The topological polar surface area (TPSA) is 120 Å². The molecule has 1 atom stereocenters. The van der Waals surface area contributed by atoms with E-state index in [1.54, 1.807) is 0 Å². The van der Waals surface area contributed by atoms with E-state index < -0.39 is 30.5 Å². The van der Waals surface area contributed by atoms with Crippen LogP contribution < -0.4 is 5.32 Å². The van der Waals surface area contributed by atoms with Gasteiger partial charge in [-0.05, 0) is 17.7 Å². The summed E-state index contributed by atoms with van der Waals surface area (Å²) in [5.41, 5.74) is 1.84. The molecule has 0 aliphatic heterocycles. The predicted octanol–water partition coefficient (Wildman–Crippen LogP) is 2.81. The van der Waals surface area contributed by atoms with Gasteiger partial charge in [-0.15, -0.1) is 11.3 Å². The smallest absolute Gasteiger partial charge is 0.359 e. The number of amides is 1. The van der Waals surface area contributed by atoms with Crippen LogP contribution in [0.15, 0.2) is 67.0 Å². The van der Waals surface area contributed by atoms with Crippen molar-refractivity contribution in [1.82, 2.24) is 20.3 Å². The van der Waals surface area contributed by atoms with Gasteiger partial charge in [0.25, 0.3) is 5.91 Å². The Balaban J connectivity index is 1.43. The van der Waals surface area contributed by atoms with E-state index in [-0.39, 0.29) is 17.8 Å². The van der Waals surface area contributed by atoms with Crippen LogP contribution in [-0.2, 0) is 25.5 Å². The van der Waals surface area contributed by atoms with Crippen molar-refractivity contribution in [2.24, 2.45) is 0 Å². The molecule has 2 heterocycles. The largest absolute Gasteiger partial charge is 0.467 e. The number of fused-ring (bicyclic) bond motifs is 1. The van der Waals surface area contributed by atoms with E-state index in [1.807, 2.05) is 54.6 Å². The highest BCUT2D eigenvalue weighted by molar-refractivity contribution is 7.21. The first-order valence-electron chi connectivity index (χ1n) is 10.3. The summed E-state index contributed by atoms with van der Waals surface area (Å²) in [6, 6.07) is 15.8. The van der Waals surface area contributed by atoms with Gasteiger partial charge in [0, 0.05) is 18.8 Å². The molecule has 2 aromatic heterocycles. The Kier molecular flexibility index (Phi) is 7.19. The fraction of sp³-hybridized carbons (Fsp3) is 0.167. The van der Waals surface area contributed by atoms with Crippen LogP contribution in [0.25, 0.3) is 20.9 Å². The molecule has 0 radical (unpaired) electrons. The molecule has 0 saturated carbocycles. The molecule has 2 aromatic carbocycles. The molecule has 4 aromatic rings. The monoisotopic (exact) mass is 476 g/mol. The molecule has 10 heteroatoms. The lowest BCUT2D eigenvalue weighted by Crippen LogP contribution is -2.44. The fourth-order valence-corrected chi connectivity index (χ4v) is 4.20. The molecule has 1 N–H and O–H groups in total. The molecule has 0 fully saturated rings. The average Bonchev–Trinajstić information content (AvgIpc) is 3.31. The summed E-state index contributed by atoms with van der Waals surface area (Å²) in [6.45, 7) is -0.600. The summed E-state index contributed by atoms with van der Waals surface area (Å²) in [7, 11) is 1.24. The van der Waals surface area contributed by atoms with Crippen LogP contribution in [0.5, 0.6) is 0 Å². The van der Waals surface area contributed by atoms with Crippen LogP contribution in [0, 0.1) is 0 Å². The number of aromatic nitrogens is 3. The number of carbonyl (C=O) groups excluding carboxylic acids is 3. The number of benzene rings is 2. The molecule has 9 nitrogen and oxygen atoms in total. The van der Waals surface area contributed by atoms with Gasteiger partial charge in [0.05, 0.1) is 17.3 Å². The second kappa shape index (κ2) is 10.6. The molecular weight excluding hydrogens is 456 g/mol. The van der Waals surface area contributed by atoms with Crippen molar-refractivity contribution in [3.8, 4) is 10.7 Å². The third-order valence-electron chi connectivity index (χ3n) is 4.83. The summed E-state index contributed by atoms with van der Waals surface area (Å²) < 4.78 is 10.9. The summed E-state index contributed by atoms with van der Waals surface area (Å²) in [5.74, 6) is -2.07. The van der Waals surface area contributed by atoms with Gasteiger partial charge in [0.1, 0.15) is 16.7 Å². The Bertz CT molecular complexity index is 1290. The minimum atomic E-state index is -0.923. The number of esters is 2. The van der Waals surface area contributed by atoms with Crippen molar-refractivity contribution in [2.45, 2.75) is 12.5 Å². The molecule has 0 spiro atoms. The lowest BCUT2D eigenvalue weighted by molar-refractivity contribution is -0.145. The van der Waals surface area contributed by atoms with Gasteiger partial charge in [-0.25, -0.2) is 24.5 Å². The summed E-state index contributed by atoms with van der Waals surface area (Å²) >= 11 is 1.37.